The fourth-order valence-electron chi connectivity index (χ4n) is 2.80. The molecule has 0 aliphatic rings. The smallest absolute Gasteiger partial charge is 0.343 e. The van der Waals surface area contributed by atoms with Crippen LogP contribution in [-0.2, 0) is 4.79 Å². The Balaban J connectivity index is 2.02. The highest BCUT2D eigenvalue weighted by molar-refractivity contribution is 6.31. The van der Waals surface area contributed by atoms with E-state index in [0.717, 1.165) is 5.56 Å². The molecule has 174 valence electrons. The van der Waals surface area contributed by atoms with Gasteiger partial charge in [0.2, 0.25) is 0 Å². The normalized spacial score (nSPS) is 11.0. The number of carboxylic acids is 1. The van der Waals surface area contributed by atoms with Crippen molar-refractivity contribution in [3.8, 4) is 11.5 Å². The highest BCUT2D eigenvalue weighted by Gasteiger charge is 2.21. The van der Waals surface area contributed by atoms with Gasteiger partial charge in [-0.05, 0) is 43.3 Å². The molecule has 3 aromatic carbocycles. The van der Waals surface area contributed by atoms with Crippen LogP contribution in [0.2, 0.25) is 5.02 Å². The summed E-state index contributed by atoms with van der Waals surface area (Å²) in [6.07, 6.45) is 1.36. The average molecular weight is 480 g/mol. The molecule has 0 radical (unpaired) electrons. The van der Waals surface area contributed by atoms with Crippen LogP contribution in [0.3, 0.4) is 0 Å². The van der Waals surface area contributed by atoms with Crippen molar-refractivity contribution in [3.05, 3.63) is 87.9 Å². The highest BCUT2D eigenvalue weighted by Crippen LogP contribution is 2.35. The lowest BCUT2D eigenvalue weighted by atomic mass is 10.1. The molecule has 3 rings (SSSR count). The molecule has 34 heavy (non-hydrogen) atoms. The first-order chi connectivity index (χ1) is 16.1. The average Bonchev–Trinajstić information content (AvgIpc) is 2.79. The topological polar surface area (TPSA) is 102 Å². The number of aliphatic imine (C=N–C) groups is 1. The molecule has 0 saturated carbocycles. The van der Waals surface area contributed by atoms with Crippen LogP contribution in [0, 0.1) is 12.8 Å². The van der Waals surface area contributed by atoms with E-state index in [2.05, 4.69) is 4.99 Å². The lowest BCUT2D eigenvalue weighted by Gasteiger charge is -2.15. The molecular formula is C26H22ClNO6. The van der Waals surface area contributed by atoms with Gasteiger partial charge in [0.1, 0.15) is 0 Å². The summed E-state index contributed by atoms with van der Waals surface area (Å²) in [6, 6.07) is 15.7. The lowest BCUT2D eigenvalue weighted by Crippen LogP contribution is -2.17. The number of benzene rings is 3. The minimum absolute atomic E-state index is 0.0262. The number of halogens is 1. The van der Waals surface area contributed by atoms with E-state index in [-0.39, 0.29) is 27.6 Å². The van der Waals surface area contributed by atoms with Gasteiger partial charge in [0.25, 0.3) is 0 Å². The van der Waals surface area contributed by atoms with E-state index in [1.807, 2.05) is 6.92 Å². The van der Waals surface area contributed by atoms with E-state index >= 15 is 0 Å². The maximum Gasteiger partial charge on any atom is 0.343 e. The van der Waals surface area contributed by atoms with Crippen LogP contribution in [-0.4, -0.2) is 29.2 Å². The number of hydrogen-bond acceptors (Lipinski definition) is 6. The Bertz CT molecular complexity index is 1260. The summed E-state index contributed by atoms with van der Waals surface area (Å²) < 4.78 is 11.1. The third-order valence-corrected chi connectivity index (χ3v) is 4.88. The van der Waals surface area contributed by atoms with Gasteiger partial charge < -0.3 is 14.6 Å². The first kappa shape index (κ1) is 24.7. The number of carbonyl (C=O) groups is 3. The Labute approximate surface area is 201 Å². The second kappa shape index (κ2) is 10.8. The quantitative estimate of drug-likeness (QED) is 0.258. The number of rotatable bonds is 7. The fourth-order valence-corrected chi connectivity index (χ4v) is 3.02. The van der Waals surface area contributed by atoms with Crippen LogP contribution >= 0.6 is 11.6 Å². The third-order valence-electron chi connectivity index (χ3n) is 4.66. The summed E-state index contributed by atoms with van der Waals surface area (Å²) in [5, 5.41) is 9.40. The molecule has 0 atom stereocenters. The molecule has 0 heterocycles. The molecule has 0 fully saturated rings. The van der Waals surface area contributed by atoms with Gasteiger partial charge in [0, 0.05) is 22.9 Å². The van der Waals surface area contributed by atoms with E-state index in [9.17, 15) is 19.5 Å². The molecule has 0 saturated heterocycles. The molecule has 7 nitrogen and oxygen atoms in total. The van der Waals surface area contributed by atoms with Crippen LogP contribution in [0.4, 0.5) is 5.69 Å². The molecule has 0 unspecified atom stereocenters. The Morgan fingerprint density at radius 2 is 1.68 bits per heavy atom. The maximum atomic E-state index is 12.7. The van der Waals surface area contributed by atoms with Gasteiger partial charge in [-0.1, -0.05) is 49.2 Å². The number of ether oxygens (including phenoxy) is 2. The predicted octanol–water partition coefficient (Wildman–Crippen LogP) is 5.88. The number of esters is 2. The summed E-state index contributed by atoms with van der Waals surface area (Å²) in [5.41, 5.74) is 2.00. The number of nitrogens with zero attached hydrogens (tertiary/aromatic N) is 1. The predicted molar refractivity (Wildman–Crippen MR) is 129 cm³/mol. The molecular weight excluding hydrogens is 458 g/mol. The van der Waals surface area contributed by atoms with Crippen LogP contribution in [0.5, 0.6) is 11.5 Å². The van der Waals surface area contributed by atoms with Gasteiger partial charge >= 0.3 is 17.9 Å². The van der Waals surface area contributed by atoms with Crippen molar-refractivity contribution < 1.29 is 29.0 Å². The van der Waals surface area contributed by atoms with Crippen molar-refractivity contribution >= 4 is 41.4 Å². The zero-order valence-corrected chi connectivity index (χ0v) is 19.5. The van der Waals surface area contributed by atoms with Gasteiger partial charge in [-0.25, -0.2) is 9.59 Å². The summed E-state index contributed by atoms with van der Waals surface area (Å²) in [7, 11) is 0. The van der Waals surface area contributed by atoms with Gasteiger partial charge in [0.15, 0.2) is 11.5 Å². The minimum Gasteiger partial charge on any atom is -0.478 e. The van der Waals surface area contributed by atoms with Crippen molar-refractivity contribution in [2.45, 2.75) is 20.8 Å². The SMILES string of the molecule is Cc1ccc(C(=O)Oc2cc(Cl)cc(C=Nc3cccc(C(=O)O)c3)c2OC(=O)C(C)C)cc1. The Morgan fingerprint density at radius 3 is 2.32 bits per heavy atom. The molecule has 0 aromatic heterocycles. The van der Waals surface area contributed by atoms with Gasteiger partial charge in [-0.3, -0.25) is 9.79 Å². The molecule has 1 N–H and O–H groups in total. The van der Waals surface area contributed by atoms with Gasteiger partial charge in [-0.2, -0.15) is 0 Å². The first-order valence-electron chi connectivity index (χ1n) is 10.4. The van der Waals surface area contributed by atoms with E-state index in [4.69, 9.17) is 21.1 Å². The number of aromatic carboxylic acids is 1. The van der Waals surface area contributed by atoms with Crippen molar-refractivity contribution in [3.63, 3.8) is 0 Å². The van der Waals surface area contributed by atoms with Crippen LogP contribution in [0.1, 0.15) is 45.7 Å². The maximum absolute atomic E-state index is 12.7. The second-order valence-corrected chi connectivity index (χ2v) is 8.20. The zero-order valence-electron chi connectivity index (χ0n) is 18.7. The van der Waals surface area contributed by atoms with Crippen LogP contribution < -0.4 is 9.47 Å². The van der Waals surface area contributed by atoms with E-state index in [1.54, 1.807) is 50.2 Å². The van der Waals surface area contributed by atoms with Gasteiger partial charge in [0.05, 0.1) is 22.7 Å². The number of hydrogen-bond donors (Lipinski definition) is 1. The minimum atomic E-state index is -1.09. The van der Waals surface area contributed by atoms with Crippen molar-refractivity contribution in [1.82, 2.24) is 0 Å². The second-order valence-electron chi connectivity index (χ2n) is 7.77. The van der Waals surface area contributed by atoms with Gasteiger partial charge in [-0.15, -0.1) is 0 Å². The van der Waals surface area contributed by atoms with Crippen molar-refractivity contribution in [2.75, 3.05) is 0 Å². The van der Waals surface area contributed by atoms with Crippen molar-refractivity contribution in [2.24, 2.45) is 10.9 Å². The Kier molecular flexibility index (Phi) is 7.81. The highest BCUT2D eigenvalue weighted by atomic mass is 35.5. The van der Waals surface area contributed by atoms with E-state index in [0.29, 0.717) is 11.3 Å². The largest absolute Gasteiger partial charge is 0.478 e. The molecule has 0 bridgehead atoms. The zero-order chi connectivity index (χ0) is 24.8. The number of carboxylic acid groups (broad SMARTS) is 1. The molecule has 0 amide bonds. The summed E-state index contributed by atoms with van der Waals surface area (Å²) in [6.45, 7) is 5.23. The van der Waals surface area contributed by atoms with E-state index < -0.39 is 23.8 Å². The fraction of sp³-hybridized carbons (Fsp3) is 0.154. The first-order valence-corrected chi connectivity index (χ1v) is 10.7. The third kappa shape index (κ3) is 6.30. The van der Waals surface area contributed by atoms with Crippen LogP contribution in [0.15, 0.2) is 65.7 Å². The Morgan fingerprint density at radius 1 is 0.971 bits per heavy atom. The van der Waals surface area contributed by atoms with Crippen molar-refractivity contribution in [1.29, 1.82) is 0 Å². The summed E-state index contributed by atoms with van der Waals surface area (Å²) >= 11 is 6.25. The van der Waals surface area contributed by atoms with Crippen LogP contribution in [0.25, 0.3) is 0 Å². The molecule has 0 aliphatic carbocycles. The summed E-state index contributed by atoms with van der Waals surface area (Å²) in [4.78, 5) is 40.6. The standard InChI is InChI=1S/C26H22ClNO6/c1-15(2)25(31)34-23-19(14-28-21-6-4-5-18(12-21)24(29)30)11-20(27)13-22(23)33-26(32)17-9-7-16(3)8-10-17/h4-15H,1-3H3,(H,29,30). The molecule has 8 heteroatoms. The monoisotopic (exact) mass is 479 g/mol. The van der Waals surface area contributed by atoms with E-state index in [1.165, 1.54) is 30.5 Å². The summed E-state index contributed by atoms with van der Waals surface area (Å²) in [5.74, 6) is -2.81. The number of carbonyl (C=O) groups excluding carboxylic acids is 2. The number of aryl methyl sites for hydroxylation is 1. The Hall–Kier alpha value is -3.97. The molecule has 0 aliphatic heterocycles. The molecule has 0 spiro atoms. The molecule has 3 aromatic rings. The lowest BCUT2D eigenvalue weighted by molar-refractivity contribution is -0.137.